The molecule has 9 heteroatoms. The number of aromatic nitrogens is 2. The minimum atomic E-state index is -0.476. The molecule has 2 aromatic rings. The number of nitrogens with zero attached hydrogens (tertiary/aromatic N) is 2. The van der Waals surface area contributed by atoms with E-state index in [0.717, 1.165) is 11.3 Å². The van der Waals surface area contributed by atoms with Crippen molar-refractivity contribution in [2.75, 3.05) is 11.9 Å². The molecule has 0 aliphatic carbocycles. The van der Waals surface area contributed by atoms with Crippen LogP contribution in [0.2, 0.25) is 0 Å². The van der Waals surface area contributed by atoms with Gasteiger partial charge in [-0.15, -0.1) is 10.2 Å². The fraction of sp³-hybridized carbons (Fsp3) is 0.444. The Morgan fingerprint density at radius 1 is 1.19 bits per heavy atom. The number of urea groups is 1. The molecular weight excluding hydrogens is 382 g/mol. The smallest absolute Gasteiger partial charge is 0.321 e. The van der Waals surface area contributed by atoms with E-state index in [-0.39, 0.29) is 5.91 Å². The number of carbonyl (C=O) groups excluding carboxylic acids is 2. The zero-order valence-electron chi connectivity index (χ0n) is 16.1. The van der Waals surface area contributed by atoms with E-state index < -0.39 is 11.3 Å². The van der Waals surface area contributed by atoms with Crippen molar-refractivity contribution in [1.29, 1.82) is 0 Å². The molecule has 0 spiro atoms. The van der Waals surface area contributed by atoms with Gasteiger partial charge in [0.25, 0.3) is 0 Å². The van der Waals surface area contributed by atoms with Gasteiger partial charge < -0.3 is 10.6 Å². The molecule has 0 radical (unpaired) electrons. The average Bonchev–Trinajstić information content (AvgIpc) is 3.04. The van der Waals surface area contributed by atoms with Crippen LogP contribution in [0, 0.1) is 19.8 Å². The second-order valence-electron chi connectivity index (χ2n) is 6.60. The molecule has 0 aliphatic rings. The number of carbonyl (C=O) groups is 2. The van der Waals surface area contributed by atoms with Crippen LogP contribution in [0.3, 0.4) is 0 Å². The number of rotatable bonds is 7. The Bertz CT molecular complexity index is 807. The quantitative estimate of drug-likeness (QED) is 0.603. The van der Waals surface area contributed by atoms with Crippen LogP contribution in [0.5, 0.6) is 0 Å². The van der Waals surface area contributed by atoms with Gasteiger partial charge in [0, 0.05) is 12.2 Å². The third kappa shape index (κ3) is 6.51. The Balaban J connectivity index is 1.90. The molecule has 0 saturated carbocycles. The van der Waals surface area contributed by atoms with Crippen molar-refractivity contribution < 1.29 is 9.59 Å². The van der Waals surface area contributed by atoms with E-state index in [1.54, 1.807) is 6.92 Å². The number of aryl methyl sites for hydroxylation is 1. The minimum absolute atomic E-state index is 0.321. The lowest BCUT2D eigenvalue weighted by Gasteiger charge is -2.11. The highest BCUT2D eigenvalue weighted by atomic mass is 32.2. The maximum Gasteiger partial charge on any atom is 0.321 e. The van der Waals surface area contributed by atoms with E-state index in [4.69, 9.17) is 0 Å². The first-order valence-electron chi connectivity index (χ1n) is 8.68. The second-order valence-corrected chi connectivity index (χ2v) is 9.16. The first-order valence-corrected chi connectivity index (χ1v) is 10.4. The highest BCUT2D eigenvalue weighted by Crippen LogP contribution is 2.31. The van der Waals surface area contributed by atoms with Gasteiger partial charge in [0.1, 0.15) is 0 Å². The monoisotopic (exact) mass is 407 g/mol. The van der Waals surface area contributed by atoms with Crippen molar-refractivity contribution in [2.45, 2.75) is 44.2 Å². The summed E-state index contributed by atoms with van der Waals surface area (Å²) in [6, 6.07) is 5.55. The normalized spacial score (nSPS) is 11.9. The first kappa shape index (κ1) is 21.2. The van der Waals surface area contributed by atoms with E-state index in [1.807, 2.05) is 32.9 Å². The Morgan fingerprint density at radius 3 is 2.63 bits per heavy atom. The Morgan fingerprint density at radius 2 is 1.93 bits per heavy atom. The highest BCUT2D eigenvalue weighted by Gasteiger charge is 2.19. The second kappa shape index (κ2) is 9.70. The molecular formula is C18H25N5O2S2. The van der Waals surface area contributed by atoms with Crippen molar-refractivity contribution in [2.24, 2.45) is 5.92 Å². The van der Waals surface area contributed by atoms with Gasteiger partial charge in [0.15, 0.2) is 4.34 Å². The van der Waals surface area contributed by atoms with E-state index in [9.17, 15) is 9.59 Å². The SMILES string of the molecule is Cc1cccc(Nc2nnc(SC(C)C(=O)NC(=O)NCC(C)C)s2)c1C. The van der Waals surface area contributed by atoms with Crippen LogP contribution in [0.15, 0.2) is 22.5 Å². The molecule has 1 atom stereocenters. The predicted octanol–water partition coefficient (Wildman–Crippen LogP) is 3.86. The van der Waals surface area contributed by atoms with Crippen LogP contribution in [-0.2, 0) is 4.79 Å². The maximum atomic E-state index is 12.1. The lowest BCUT2D eigenvalue weighted by atomic mass is 10.1. The molecule has 1 aromatic heterocycles. The minimum Gasteiger partial charge on any atom is -0.338 e. The summed E-state index contributed by atoms with van der Waals surface area (Å²) in [6.07, 6.45) is 0. The van der Waals surface area contributed by atoms with Crippen molar-refractivity contribution in [1.82, 2.24) is 20.8 Å². The van der Waals surface area contributed by atoms with Crippen LogP contribution in [0.25, 0.3) is 0 Å². The summed E-state index contributed by atoms with van der Waals surface area (Å²) >= 11 is 2.64. The molecule has 0 bridgehead atoms. The van der Waals surface area contributed by atoms with Gasteiger partial charge in [0.2, 0.25) is 11.0 Å². The zero-order chi connectivity index (χ0) is 20.0. The molecule has 0 saturated heterocycles. The van der Waals surface area contributed by atoms with E-state index in [0.29, 0.717) is 21.9 Å². The molecule has 27 heavy (non-hydrogen) atoms. The van der Waals surface area contributed by atoms with Gasteiger partial charge >= 0.3 is 6.03 Å². The van der Waals surface area contributed by atoms with Crippen LogP contribution < -0.4 is 16.0 Å². The third-order valence-electron chi connectivity index (χ3n) is 3.81. The largest absolute Gasteiger partial charge is 0.338 e. The number of thioether (sulfide) groups is 1. The fourth-order valence-electron chi connectivity index (χ4n) is 2.07. The number of benzene rings is 1. The van der Waals surface area contributed by atoms with Crippen molar-refractivity contribution in [3.05, 3.63) is 29.3 Å². The predicted molar refractivity (Wildman–Crippen MR) is 111 cm³/mol. The van der Waals surface area contributed by atoms with Gasteiger partial charge in [-0.3, -0.25) is 10.1 Å². The Labute approximate surface area is 167 Å². The standard InChI is InChI=1S/C18H25N5O2S2/c1-10(2)9-19-16(25)21-15(24)13(5)26-18-23-22-17(27-18)20-14-8-6-7-11(3)12(14)4/h6-8,10,13H,9H2,1-5H3,(H,20,22)(H2,19,21,24,25). The molecule has 3 N–H and O–H groups in total. The Kier molecular flexibility index (Phi) is 7.61. The van der Waals surface area contributed by atoms with Gasteiger partial charge in [-0.2, -0.15) is 0 Å². The maximum absolute atomic E-state index is 12.1. The number of nitrogens with one attached hydrogen (secondary N) is 3. The molecule has 1 heterocycles. The molecule has 146 valence electrons. The number of amides is 3. The summed E-state index contributed by atoms with van der Waals surface area (Å²) in [5.74, 6) is -0.0394. The van der Waals surface area contributed by atoms with Crippen LogP contribution in [0.1, 0.15) is 31.9 Å². The average molecular weight is 408 g/mol. The lowest BCUT2D eigenvalue weighted by molar-refractivity contribution is -0.119. The number of anilines is 2. The third-order valence-corrected chi connectivity index (χ3v) is 5.83. The number of imide groups is 1. The van der Waals surface area contributed by atoms with Crippen molar-refractivity contribution in [3.8, 4) is 0 Å². The van der Waals surface area contributed by atoms with Crippen LogP contribution in [0.4, 0.5) is 15.6 Å². The summed E-state index contributed by atoms with van der Waals surface area (Å²) in [7, 11) is 0. The summed E-state index contributed by atoms with van der Waals surface area (Å²) in [4.78, 5) is 23.8. The van der Waals surface area contributed by atoms with Crippen molar-refractivity contribution >= 4 is 45.9 Å². The molecule has 1 unspecified atom stereocenters. The fourth-order valence-corrected chi connectivity index (χ4v) is 3.98. The summed E-state index contributed by atoms with van der Waals surface area (Å²) < 4.78 is 0.660. The lowest BCUT2D eigenvalue weighted by Crippen LogP contribution is -2.43. The van der Waals surface area contributed by atoms with Crippen molar-refractivity contribution in [3.63, 3.8) is 0 Å². The molecule has 3 amide bonds. The van der Waals surface area contributed by atoms with Gasteiger partial charge in [-0.25, -0.2) is 4.79 Å². The Hall–Kier alpha value is -2.13. The molecule has 7 nitrogen and oxygen atoms in total. The van der Waals surface area contributed by atoms with Gasteiger partial charge in [-0.05, 0) is 43.9 Å². The molecule has 2 rings (SSSR count). The first-order chi connectivity index (χ1) is 12.8. The summed E-state index contributed by atoms with van der Waals surface area (Å²) in [6.45, 7) is 10.3. The number of hydrogen-bond acceptors (Lipinski definition) is 7. The van der Waals surface area contributed by atoms with Crippen LogP contribution in [-0.4, -0.2) is 33.9 Å². The molecule has 0 fully saturated rings. The molecule has 0 aliphatic heterocycles. The van der Waals surface area contributed by atoms with E-state index >= 15 is 0 Å². The van der Waals surface area contributed by atoms with E-state index in [1.165, 1.54) is 28.7 Å². The van der Waals surface area contributed by atoms with Gasteiger partial charge in [0.05, 0.1) is 5.25 Å². The van der Waals surface area contributed by atoms with E-state index in [2.05, 4.69) is 39.1 Å². The van der Waals surface area contributed by atoms with Gasteiger partial charge in [-0.1, -0.05) is 49.1 Å². The highest BCUT2D eigenvalue weighted by molar-refractivity contribution is 8.02. The number of hydrogen-bond donors (Lipinski definition) is 3. The van der Waals surface area contributed by atoms with Crippen LogP contribution >= 0.6 is 23.1 Å². The zero-order valence-corrected chi connectivity index (χ0v) is 17.8. The summed E-state index contributed by atoms with van der Waals surface area (Å²) in [5.41, 5.74) is 3.33. The molecule has 1 aromatic carbocycles. The topological polar surface area (TPSA) is 96.0 Å². The summed E-state index contributed by atoms with van der Waals surface area (Å²) in [5, 5.41) is 16.7.